The third-order valence-electron chi connectivity index (χ3n) is 2.59. The van der Waals surface area contributed by atoms with E-state index in [-0.39, 0.29) is 25.4 Å². The molecular weight excluding hydrogens is 302 g/mol. The van der Waals surface area contributed by atoms with Crippen LogP contribution in [0.25, 0.3) is 0 Å². The minimum Gasteiger partial charge on any atom is -0.490 e. The number of ether oxygens (including phenoxy) is 3. The largest absolute Gasteiger partial charge is 0.490 e. The van der Waals surface area contributed by atoms with Crippen molar-refractivity contribution in [2.45, 2.75) is 40.7 Å². The maximum Gasteiger partial charge on any atom is 0.251 e. The van der Waals surface area contributed by atoms with Gasteiger partial charge >= 0.3 is 0 Å². The second-order valence-electron chi connectivity index (χ2n) is 4.73. The molecule has 5 nitrogen and oxygen atoms in total. The van der Waals surface area contributed by atoms with Crippen molar-refractivity contribution in [3.8, 4) is 17.2 Å². The molecule has 22 heavy (non-hydrogen) atoms. The van der Waals surface area contributed by atoms with Crippen molar-refractivity contribution in [3.05, 3.63) is 17.7 Å². The lowest BCUT2D eigenvalue weighted by Gasteiger charge is -2.17. The highest BCUT2D eigenvalue weighted by Gasteiger charge is 2.18. The molecule has 1 rings (SSSR count). The van der Waals surface area contributed by atoms with Crippen LogP contribution in [-0.4, -0.2) is 31.8 Å². The molecule has 0 atom stereocenters. The summed E-state index contributed by atoms with van der Waals surface area (Å²) in [6.07, 6.45) is 0. The lowest BCUT2D eigenvalue weighted by atomic mass is 10.1. The standard InChI is InChI=1S/C16H25NO4.H2S/c1-6-19-13-9-12(16(18)17-11(4)5)10-14(20-7-2)15(13)21-8-3;/h9-11H,6-8H2,1-5H3,(H,17,18);1H2. The molecular formula is C16H27NO4S. The van der Waals surface area contributed by atoms with E-state index in [1.807, 2.05) is 34.6 Å². The summed E-state index contributed by atoms with van der Waals surface area (Å²) in [7, 11) is 0. The number of carbonyl (C=O) groups is 1. The summed E-state index contributed by atoms with van der Waals surface area (Å²) in [5, 5.41) is 2.86. The number of hydrogen-bond acceptors (Lipinski definition) is 4. The molecule has 0 unspecified atom stereocenters. The highest BCUT2D eigenvalue weighted by Crippen LogP contribution is 2.39. The third-order valence-corrected chi connectivity index (χ3v) is 2.59. The highest BCUT2D eigenvalue weighted by atomic mass is 32.1. The van der Waals surface area contributed by atoms with Crippen LogP contribution in [0.2, 0.25) is 0 Å². The van der Waals surface area contributed by atoms with E-state index < -0.39 is 0 Å². The predicted octanol–water partition coefficient (Wildman–Crippen LogP) is 3.13. The van der Waals surface area contributed by atoms with Crippen LogP contribution in [0.1, 0.15) is 45.0 Å². The van der Waals surface area contributed by atoms with Crippen molar-refractivity contribution in [1.29, 1.82) is 0 Å². The monoisotopic (exact) mass is 329 g/mol. The van der Waals surface area contributed by atoms with Gasteiger partial charge in [-0.1, -0.05) is 0 Å². The molecule has 0 heterocycles. The SMILES string of the molecule is CCOc1cc(C(=O)NC(C)C)cc(OCC)c1OCC.S. The zero-order valence-electron chi connectivity index (χ0n) is 14.0. The fraction of sp³-hybridized carbons (Fsp3) is 0.562. The number of hydrogen-bond donors (Lipinski definition) is 1. The van der Waals surface area contributed by atoms with Crippen molar-refractivity contribution in [1.82, 2.24) is 5.32 Å². The Morgan fingerprint density at radius 2 is 1.45 bits per heavy atom. The van der Waals surface area contributed by atoms with Crippen LogP contribution in [-0.2, 0) is 0 Å². The molecule has 0 aromatic heterocycles. The van der Waals surface area contributed by atoms with Crippen LogP contribution >= 0.6 is 13.5 Å². The van der Waals surface area contributed by atoms with Gasteiger partial charge in [-0.2, -0.15) is 13.5 Å². The molecule has 0 aliphatic carbocycles. The lowest BCUT2D eigenvalue weighted by Crippen LogP contribution is -2.30. The van der Waals surface area contributed by atoms with E-state index in [0.29, 0.717) is 42.6 Å². The minimum absolute atomic E-state index is 0. The smallest absolute Gasteiger partial charge is 0.251 e. The van der Waals surface area contributed by atoms with Crippen LogP contribution in [0.3, 0.4) is 0 Å². The normalized spacial score (nSPS) is 9.91. The Morgan fingerprint density at radius 1 is 1.00 bits per heavy atom. The van der Waals surface area contributed by atoms with Gasteiger partial charge in [0.15, 0.2) is 11.5 Å². The minimum atomic E-state index is -0.157. The van der Waals surface area contributed by atoms with Gasteiger partial charge in [0.05, 0.1) is 19.8 Å². The first-order valence-electron chi connectivity index (χ1n) is 7.40. The molecule has 1 aromatic carbocycles. The van der Waals surface area contributed by atoms with Crippen molar-refractivity contribution in [3.63, 3.8) is 0 Å². The van der Waals surface area contributed by atoms with Crippen molar-refractivity contribution in [2.75, 3.05) is 19.8 Å². The second kappa shape index (κ2) is 10.2. The fourth-order valence-electron chi connectivity index (χ4n) is 1.87. The fourth-order valence-corrected chi connectivity index (χ4v) is 1.87. The number of carbonyl (C=O) groups excluding carboxylic acids is 1. The molecule has 1 amide bonds. The lowest BCUT2D eigenvalue weighted by molar-refractivity contribution is 0.0942. The third kappa shape index (κ3) is 5.67. The van der Waals surface area contributed by atoms with Crippen LogP contribution in [0, 0.1) is 0 Å². The predicted molar refractivity (Wildman–Crippen MR) is 92.9 cm³/mol. The maximum absolute atomic E-state index is 12.2. The first-order valence-corrected chi connectivity index (χ1v) is 7.40. The van der Waals surface area contributed by atoms with Crippen LogP contribution in [0.4, 0.5) is 0 Å². The number of benzene rings is 1. The summed E-state index contributed by atoms with van der Waals surface area (Å²) in [5.74, 6) is 1.44. The average molecular weight is 329 g/mol. The van der Waals surface area contributed by atoms with Gasteiger partial charge in [-0.3, -0.25) is 4.79 Å². The van der Waals surface area contributed by atoms with E-state index in [9.17, 15) is 4.79 Å². The molecule has 1 N–H and O–H groups in total. The van der Waals surface area contributed by atoms with Gasteiger partial charge < -0.3 is 19.5 Å². The van der Waals surface area contributed by atoms with Crippen LogP contribution in [0.15, 0.2) is 12.1 Å². The first kappa shape index (κ1) is 20.4. The van der Waals surface area contributed by atoms with Gasteiger partial charge in [-0.05, 0) is 46.8 Å². The van der Waals surface area contributed by atoms with E-state index >= 15 is 0 Å². The molecule has 0 radical (unpaired) electrons. The molecule has 6 heteroatoms. The molecule has 0 aliphatic heterocycles. The summed E-state index contributed by atoms with van der Waals surface area (Å²) in [4.78, 5) is 12.2. The molecule has 0 aliphatic rings. The Balaban J connectivity index is 0.00000441. The van der Waals surface area contributed by atoms with Crippen molar-refractivity contribution < 1.29 is 19.0 Å². The van der Waals surface area contributed by atoms with Crippen LogP contribution in [0.5, 0.6) is 17.2 Å². The maximum atomic E-state index is 12.2. The zero-order chi connectivity index (χ0) is 15.8. The molecule has 0 saturated carbocycles. The van der Waals surface area contributed by atoms with Gasteiger partial charge in [0.25, 0.3) is 5.91 Å². The summed E-state index contributed by atoms with van der Waals surface area (Å²) in [6, 6.07) is 3.44. The van der Waals surface area contributed by atoms with Gasteiger partial charge in [0.1, 0.15) is 0 Å². The molecule has 0 bridgehead atoms. The molecule has 0 fully saturated rings. The van der Waals surface area contributed by atoms with E-state index in [1.165, 1.54) is 0 Å². The second-order valence-corrected chi connectivity index (χ2v) is 4.73. The Labute approximate surface area is 139 Å². The van der Waals surface area contributed by atoms with E-state index in [0.717, 1.165) is 0 Å². The van der Waals surface area contributed by atoms with Crippen molar-refractivity contribution in [2.24, 2.45) is 0 Å². The van der Waals surface area contributed by atoms with Crippen LogP contribution < -0.4 is 19.5 Å². The zero-order valence-corrected chi connectivity index (χ0v) is 15.0. The summed E-state index contributed by atoms with van der Waals surface area (Å²) in [6.45, 7) is 11.0. The van der Waals surface area contributed by atoms with Gasteiger partial charge in [-0.25, -0.2) is 0 Å². The topological polar surface area (TPSA) is 56.8 Å². The van der Waals surface area contributed by atoms with E-state index in [4.69, 9.17) is 14.2 Å². The van der Waals surface area contributed by atoms with Gasteiger partial charge in [0, 0.05) is 11.6 Å². The molecule has 1 aromatic rings. The molecule has 0 saturated heterocycles. The summed E-state index contributed by atoms with van der Waals surface area (Å²) >= 11 is 0. The number of rotatable bonds is 8. The quantitative estimate of drug-likeness (QED) is 0.796. The Morgan fingerprint density at radius 3 is 1.82 bits per heavy atom. The van der Waals surface area contributed by atoms with E-state index in [1.54, 1.807) is 12.1 Å². The molecule has 0 spiro atoms. The Bertz CT molecular complexity index is 450. The van der Waals surface area contributed by atoms with E-state index in [2.05, 4.69) is 5.32 Å². The number of nitrogens with one attached hydrogen (secondary N) is 1. The van der Waals surface area contributed by atoms with Crippen molar-refractivity contribution >= 4 is 19.4 Å². The average Bonchev–Trinajstić information content (AvgIpc) is 2.41. The summed E-state index contributed by atoms with van der Waals surface area (Å²) < 4.78 is 16.8. The van der Waals surface area contributed by atoms with Gasteiger partial charge in [0.2, 0.25) is 5.75 Å². The number of amides is 1. The first-order chi connectivity index (χ1) is 10.0. The molecule has 126 valence electrons. The Hall–Kier alpha value is -1.56. The highest BCUT2D eigenvalue weighted by molar-refractivity contribution is 7.59. The Kier molecular flexibility index (Phi) is 9.49. The summed E-state index contributed by atoms with van der Waals surface area (Å²) in [5.41, 5.74) is 0.499. The van der Waals surface area contributed by atoms with Gasteiger partial charge in [-0.15, -0.1) is 0 Å².